The lowest BCUT2D eigenvalue weighted by atomic mass is 10.2. The molecule has 0 aliphatic heterocycles. The maximum atomic E-state index is 12.1. The van der Waals surface area contributed by atoms with Gasteiger partial charge in [0.1, 0.15) is 18.3 Å². The summed E-state index contributed by atoms with van der Waals surface area (Å²) < 4.78 is 6.15. The Kier molecular flexibility index (Phi) is 3.64. The molecule has 7 nitrogen and oxygen atoms in total. The van der Waals surface area contributed by atoms with E-state index in [0.717, 1.165) is 6.42 Å². The van der Waals surface area contributed by atoms with Crippen LogP contribution in [-0.4, -0.2) is 26.7 Å². The van der Waals surface area contributed by atoms with Gasteiger partial charge in [-0.2, -0.15) is 0 Å². The van der Waals surface area contributed by atoms with E-state index in [4.69, 9.17) is 4.52 Å². The molecule has 0 saturated carbocycles. The quantitative estimate of drug-likeness (QED) is 0.873. The van der Waals surface area contributed by atoms with Gasteiger partial charge < -0.3 is 9.84 Å². The Labute approximate surface area is 109 Å². The molecule has 1 N–H and O–H groups in total. The molecule has 0 aliphatic rings. The predicted octanol–water partition coefficient (Wildman–Crippen LogP) is 0.608. The smallest absolute Gasteiger partial charge is 0.267 e. The van der Waals surface area contributed by atoms with Gasteiger partial charge in [-0.05, 0) is 20.3 Å². The third-order valence-electron chi connectivity index (χ3n) is 2.97. The normalized spacial score (nSPS) is 12.6. The number of aryl methyl sites for hydroxylation is 1. The van der Waals surface area contributed by atoms with E-state index in [0.29, 0.717) is 11.1 Å². The zero-order chi connectivity index (χ0) is 14.0. The third-order valence-corrected chi connectivity index (χ3v) is 2.97. The second kappa shape index (κ2) is 5.21. The first kappa shape index (κ1) is 13.3. The van der Waals surface area contributed by atoms with Crippen molar-refractivity contribution >= 4 is 17.0 Å². The lowest BCUT2D eigenvalue weighted by molar-refractivity contribution is -0.122. The van der Waals surface area contributed by atoms with Gasteiger partial charge in [0.25, 0.3) is 11.3 Å². The molecule has 0 saturated heterocycles. The zero-order valence-corrected chi connectivity index (χ0v) is 11.1. The molecule has 1 amide bonds. The Hall–Kier alpha value is -2.18. The van der Waals surface area contributed by atoms with Gasteiger partial charge in [0.15, 0.2) is 0 Å². The van der Waals surface area contributed by atoms with Crippen LogP contribution >= 0.6 is 0 Å². The first-order valence-corrected chi connectivity index (χ1v) is 6.13. The summed E-state index contributed by atoms with van der Waals surface area (Å²) in [5.74, 6) is -0.216. The molecule has 2 rings (SSSR count). The number of rotatable bonds is 4. The first-order chi connectivity index (χ1) is 9.02. The number of hydrogen-bond acceptors (Lipinski definition) is 5. The summed E-state index contributed by atoms with van der Waals surface area (Å²) in [4.78, 5) is 27.9. The predicted molar refractivity (Wildman–Crippen MR) is 68.7 cm³/mol. The maximum Gasteiger partial charge on any atom is 0.267 e. The van der Waals surface area contributed by atoms with Crippen LogP contribution in [0.5, 0.6) is 0 Å². The summed E-state index contributed by atoms with van der Waals surface area (Å²) in [6, 6.07) is 0.0808. The Bertz CT molecular complexity index is 659. The molecule has 1 atom stereocenters. The summed E-state index contributed by atoms with van der Waals surface area (Å²) in [5, 5.41) is 6.80. The number of hydrogen-bond donors (Lipinski definition) is 1. The van der Waals surface area contributed by atoms with E-state index in [2.05, 4.69) is 15.5 Å². The van der Waals surface area contributed by atoms with Gasteiger partial charge in [-0.25, -0.2) is 4.98 Å². The minimum atomic E-state index is -0.317. The number of fused-ring (bicyclic) bond motifs is 1. The van der Waals surface area contributed by atoms with Crippen molar-refractivity contribution < 1.29 is 9.32 Å². The highest BCUT2D eigenvalue weighted by molar-refractivity contribution is 5.77. The Morgan fingerprint density at radius 3 is 3.00 bits per heavy atom. The number of nitrogens with zero attached hydrogens (tertiary/aromatic N) is 3. The van der Waals surface area contributed by atoms with Crippen molar-refractivity contribution in [2.75, 3.05) is 0 Å². The van der Waals surface area contributed by atoms with Crippen molar-refractivity contribution in [1.29, 1.82) is 0 Å². The molecule has 19 heavy (non-hydrogen) atoms. The molecule has 7 heteroatoms. The zero-order valence-electron chi connectivity index (χ0n) is 11.1. The van der Waals surface area contributed by atoms with E-state index < -0.39 is 0 Å². The lowest BCUT2D eigenvalue weighted by Crippen LogP contribution is -2.37. The maximum absolute atomic E-state index is 12.1. The van der Waals surface area contributed by atoms with Crippen LogP contribution in [0, 0.1) is 6.92 Å². The highest BCUT2D eigenvalue weighted by atomic mass is 16.5. The van der Waals surface area contributed by atoms with Crippen LogP contribution in [0.4, 0.5) is 0 Å². The van der Waals surface area contributed by atoms with Crippen LogP contribution < -0.4 is 10.9 Å². The Balaban J connectivity index is 2.26. The fourth-order valence-electron chi connectivity index (χ4n) is 1.70. The molecule has 0 aliphatic carbocycles. The number of nitrogens with one attached hydrogen (secondary N) is 1. The molecular formula is C12H16N4O3. The summed E-state index contributed by atoms with van der Waals surface area (Å²) in [5.41, 5.74) is 0.355. The second-order valence-electron chi connectivity index (χ2n) is 4.50. The van der Waals surface area contributed by atoms with Crippen molar-refractivity contribution in [3.63, 3.8) is 0 Å². The van der Waals surface area contributed by atoms with Crippen molar-refractivity contribution in [3.8, 4) is 0 Å². The topological polar surface area (TPSA) is 90.0 Å². The summed E-state index contributed by atoms with van der Waals surface area (Å²) >= 11 is 0. The van der Waals surface area contributed by atoms with Gasteiger partial charge in [0, 0.05) is 6.04 Å². The van der Waals surface area contributed by atoms with Crippen molar-refractivity contribution in [2.45, 2.75) is 39.8 Å². The summed E-state index contributed by atoms with van der Waals surface area (Å²) in [6.45, 7) is 5.49. The highest BCUT2D eigenvalue weighted by Gasteiger charge is 2.14. The van der Waals surface area contributed by atoms with Crippen LogP contribution in [0.1, 0.15) is 26.0 Å². The second-order valence-corrected chi connectivity index (χ2v) is 4.50. The average molecular weight is 264 g/mol. The minimum Gasteiger partial charge on any atom is -0.352 e. The first-order valence-electron chi connectivity index (χ1n) is 6.13. The highest BCUT2D eigenvalue weighted by Crippen LogP contribution is 2.09. The van der Waals surface area contributed by atoms with Crippen molar-refractivity contribution in [2.24, 2.45) is 0 Å². The van der Waals surface area contributed by atoms with Gasteiger partial charge in [-0.3, -0.25) is 14.2 Å². The summed E-state index contributed by atoms with van der Waals surface area (Å²) in [6.07, 6.45) is 2.13. The molecule has 1 unspecified atom stereocenters. The standard InChI is InChI=1S/C12H16N4O3/c1-4-7(2)14-9(17)5-16-6-13-11-10(12(16)18)8(3)15-19-11/h6-7H,4-5H2,1-3H3,(H,14,17). The number of carbonyl (C=O) groups is 1. The van der Waals surface area contributed by atoms with E-state index >= 15 is 0 Å². The third kappa shape index (κ3) is 2.64. The van der Waals surface area contributed by atoms with E-state index in [-0.39, 0.29) is 29.8 Å². The van der Waals surface area contributed by atoms with Gasteiger partial charge >= 0.3 is 0 Å². The van der Waals surface area contributed by atoms with Crippen molar-refractivity contribution in [1.82, 2.24) is 20.0 Å². The largest absolute Gasteiger partial charge is 0.352 e. The monoisotopic (exact) mass is 264 g/mol. The van der Waals surface area contributed by atoms with E-state index in [1.165, 1.54) is 10.9 Å². The molecule has 2 aromatic heterocycles. The number of aromatic nitrogens is 3. The number of amides is 1. The molecule has 102 valence electrons. The van der Waals surface area contributed by atoms with Gasteiger partial charge in [0.05, 0.1) is 5.69 Å². The molecule has 2 heterocycles. The molecule has 0 spiro atoms. The molecule has 0 fully saturated rings. The van der Waals surface area contributed by atoms with E-state index in [9.17, 15) is 9.59 Å². The van der Waals surface area contributed by atoms with Crippen LogP contribution in [0.15, 0.2) is 15.6 Å². The minimum absolute atomic E-state index is 0.0588. The van der Waals surface area contributed by atoms with Gasteiger partial charge in [-0.15, -0.1) is 0 Å². The lowest BCUT2D eigenvalue weighted by Gasteiger charge is -2.11. The van der Waals surface area contributed by atoms with Crippen molar-refractivity contribution in [3.05, 3.63) is 22.4 Å². The van der Waals surface area contributed by atoms with Gasteiger partial charge in [-0.1, -0.05) is 12.1 Å². The van der Waals surface area contributed by atoms with Gasteiger partial charge in [0.2, 0.25) is 5.91 Å². The van der Waals surface area contributed by atoms with E-state index in [1.54, 1.807) is 6.92 Å². The molecular weight excluding hydrogens is 248 g/mol. The molecule has 0 aromatic carbocycles. The number of carbonyl (C=O) groups excluding carboxylic acids is 1. The van der Waals surface area contributed by atoms with Crippen LogP contribution in [0.2, 0.25) is 0 Å². The molecule has 0 radical (unpaired) electrons. The Morgan fingerprint density at radius 1 is 1.58 bits per heavy atom. The Morgan fingerprint density at radius 2 is 2.32 bits per heavy atom. The van der Waals surface area contributed by atoms with Crippen LogP contribution in [0.3, 0.4) is 0 Å². The SMILES string of the molecule is CCC(C)NC(=O)Cn1cnc2onc(C)c2c1=O. The van der Waals surface area contributed by atoms with E-state index in [1.807, 2.05) is 13.8 Å². The average Bonchev–Trinajstić information content (AvgIpc) is 2.75. The fourth-order valence-corrected chi connectivity index (χ4v) is 1.70. The molecule has 2 aromatic rings. The summed E-state index contributed by atoms with van der Waals surface area (Å²) in [7, 11) is 0. The molecule has 0 bridgehead atoms. The van der Waals surface area contributed by atoms with Crippen LogP contribution in [0.25, 0.3) is 11.1 Å². The fraction of sp³-hybridized carbons (Fsp3) is 0.500. The van der Waals surface area contributed by atoms with Crippen LogP contribution in [-0.2, 0) is 11.3 Å².